The number of hydrogen-bond acceptors (Lipinski definition) is 6. The van der Waals surface area contributed by atoms with E-state index in [4.69, 9.17) is 0 Å². The third kappa shape index (κ3) is 4.54. The fraction of sp³-hybridized carbons (Fsp3) is 0.176. The molecule has 8 nitrogen and oxygen atoms in total. The molecule has 2 rings (SSSR count). The van der Waals surface area contributed by atoms with Crippen LogP contribution < -0.4 is 10.6 Å². The number of para-hydroxylation sites is 1. The first kappa shape index (κ1) is 17.9. The van der Waals surface area contributed by atoms with Gasteiger partial charge in [-0.1, -0.05) is 18.2 Å². The lowest BCUT2D eigenvalue weighted by molar-refractivity contribution is -0.384. The average Bonchev–Trinajstić information content (AvgIpc) is 2.61. The van der Waals surface area contributed by atoms with E-state index in [0.29, 0.717) is 11.3 Å². The number of hydrogen-bond donors (Lipinski definition) is 2. The van der Waals surface area contributed by atoms with Gasteiger partial charge in [-0.25, -0.2) is 4.79 Å². The highest BCUT2D eigenvalue weighted by atomic mass is 16.6. The largest absolute Gasteiger partial charge is 0.465 e. The lowest BCUT2D eigenvalue weighted by Crippen LogP contribution is -2.23. The van der Waals surface area contributed by atoms with Crippen molar-refractivity contribution in [1.82, 2.24) is 0 Å². The van der Waals surface area contributed by atoms with Crippen LogP contribution in [0.15, 0.2) is 42.5 Å². The molecule has 25 heavy (non-hydrogen) atoms. The SMILES string of the molecule is COC(=O)c1ccccc1NCC(=O)Nc1ccc(C)cc1[N+](=O)[O-]. The van der Waals surface area contributed by atoms with E-state index in [9.17, 15) is 19.7 Å². The smallest absolute Gasteiger partial charge is 0.339 e. The van der Waals surface area contributed by atoms with Crippen molar-refractivity contribution >= 4 is 28.9 Å². The van der Waals surface area contributed by atoms with Crippen LogP contribution in [0.1, 0.15) is 15.9 Å². The number of nitrogens with one attached hydrogen (secondary N) is 2. The van der Waals surface area contributed by atoms with Gasteiger partial charge in [0.05, 0.1) is 24.1 Å². The number of nitrogens with zero attached hydrogens (tertiary/aromatic N) is 1. The first-order chi connectivity index (χ1) is 11.9. The quantitative estimate of drug-likeness (QED) is 0.474. The van der Waals surface area contributed by atoms with E-state index in [1.54, 1.807) is 37.3 Å². The molecule has 2 aromatic rings. The number of esters is 1. The summed E-state index contributed by atoms with van der Waals surface area (Å²) in [6.45, 7) is 1.56. The van der Waals surface area contributed by atoms with Crippen molar-refractivity contribution in [2.24, 2.45) is 0 Å². The van der Waals surface area contributed by atoms with Gasteiger partial charge < -0.3 is 15.4 Å². The molecule has 2 N–H and O–H groups in total. The van der Waals surface area contributed by atoms with Crippen LogP contribution >= 0.6 is 0 Å². The number of aryl methyl sites for hydroxylation is 1. The second-order valence-electron chi connectivity index (χ2n) is 5.22. The van der Waals surface area contributed by atoms with Crippen molar-refractivity contribution in [1.29, 1.82) is 0 Å². The van der Waals surface area contributed by atoms with Crippen LogP contribution in [0, 0.1) is 17.0 Å². The molecular formula is C17H17N3O5. The molecule has 0 aliphatic carbocycles. The van der Waals surface area contributed by atoms with Crippen LogP contribution in [0.2, 0.25) is 0 Å². The van der Waals surface area contributed by atoms with Crippen molar-refractivity contribution in [3.05, 3.63) is 63.7 Å². The van der Waals surface area contributed by atoms with Crippen molar-refractivity contribution < 1.29 is 19.2 Å². The zero-order chi connectivity index (χ0) is 18.4. The normalized spacial score (nSPS) is 10.0. The fourth-order valence-corrected chi connectivity index (χ4v) is 2.19. The predicted molar refractivity (Wildman–Crippen MR) is 92.7 cm³/mol. The summed E-state index contributed by atoms with van der Waals surface area (Å²) in [7, 11) is 1.27. The van der Waals surface area contributed by atoms with Gasteiger partial charge in [0.15, 0.2) is 0 Å². The maximum absolute atomic E-state index is 12.1. The number of carbonyl (C=O) groups is 2. The minimum atomic E-state index is -0.553. The summed E-state index contributed by atoms with van der Waals surface area (Å²) in [5, 5.41) is 16.4. The van der Waals surface area contributed by atoms with Crippen LogP contribution in [0.25, 0.3) is 0 Å². The summed E-state index contributed by atoms with van der Waals surface area (Å²) in [4.78, 5) is 34.3. The van der Waals surface area contributed by atoms with Crippen LogP contribution in [0.5, 0.6) is 0 Å². The van der Waals surface area contributed by atoms with E-state index >= 15 is 0 Å². The van der Waals surface area contributed by atoms with Crippen molar-refractivity contribution in [3.8, 4) is 0 Å². The molecule has 0 heterocycles. The Morgan fingerprint density at radius 1 is 1.16 bits per heavy atom. The Morgan fingerprint density at radius 2 is 1.88 bits per heavy atom. The molecule has 0 saturated heterocycles. The molecule has 2 aromatic carbocycles. The zero-order valence-electron chi connectivity index (χ0n) is 13.7. The molecule has 0 aliphatic rings. The van der Waals surface area contributed by atoms with Gasteiger partial charge in [-0.15, -0.1) is 0 Å². The molecule has 0 unspecified atom stereocenters. The van der Waals surface area contributed by atoms with Crippen LogP contribution in [-0.4, -0.2) is 30.5 Å². The monoisotopic (exact) mass is 343 g/mol. The number of methoxy groups -OCH3 is 1. The zero-order valence-corrected chi connectivity index (χ0v) is 13.7. The third-order valence-corrected chi connectivity index (χ3v) is 3.40. The highest BCUT2D eigenvalue weighted by Gasteiger charge is 2.16. The average molecular weight is 343 g/mol. The summed E-state index contributed by atoms with van der Waals surface area (Å²) in [5.74, 6) is -1.01. The molecule has 0 aromatic heterocycles. The second kappa shape index (κ2) is 7.91. The summed E-state index contributed by atoms with van der Waals surface area (Å²) in [6.07, 6.45) is 0. The Kier molecular flexibility index (Phi) is 5.67. The van der Waals surface area contributed by atoms with Crippen molar-refractivity contribution in [2.45, 2.75) is 6.92 Å². The second-order valence-corrected chi connectivity index (χ2v) is 5.22. The maximum atomic E-state index is 12.1. The van der Waals surface area contributed by atoms with Gasteiger partial charge in [-0.05, 0) is 30.7 Å². The van der Waals surface area contributed by atoms with Gasteiger partial charge in [-0.2, -0.15) is 0 Å². The number of amides is 1. The Hall–Kier alpha value is -3.42. The standard InChI is InChI=1S/C17H17N3O5/c1-11-7-8-14(15(9-11)20(23)24)19-16(21)10-18-13-6-4-3-5-12(13)17(22)25-2/h3-9,18H,10H2,1-2H3,(H,19,21). The van der Waals surface area contributed by atoms with Crippen LogP contribution in [0.3, 0.4) is 0 Å². The van der Waals surface area contributed by atoms with Gasteiger partial charge in [0, 0.05) is 11.8 Å². The molecule has 0 saturated carbocycles. The van der Waals surface area contributed by atoms with Gasteiger partial charge in [-0.3, -0.25) is 14.9 Å². The van der Waals surface area contributed by atoms with E-state index in [1.807, 2.05) is 0 Å². The van der Waals surface area contributed by atoms with Gasteiger partial charge >= 0.3 is 5.97 Å². The van der Waals surface area contributed by atoms with Crippen LogP contribution in [-0.2, 0) is 9.53 Å². The summed E-state index contributed by atoms with van der Waals surface area (Å²) in [5.41, 5.74) is 1.38. The molecule has 1 amide bonds. The van der Waals surface area contributed by atoms with Crippen molar-refractivity contribution in [2.75, 3.05) is 24.3 Å². The molecule has 0 atom stereocenters. The van der Waals surface area contributed by atoms with Crippen LogP contribution in [0.4, 0.5) is 17.1 Å². The first-order valence-corrected chi connectivity index (χ1v) is 7.38. The predicted octanol–water partition coefficient (Wildman–Crippen LogP) is 2.74. The molecule has 0 spiro atoms. The Labute approximate surface area is 144 Å². The lowest BCUT2D eigenvalue weighted by Gasteiger charge is -2.11. The lowest BCUT2D eigenvalue weighted by atomic mass is 10.1. The summed E-state index contributed by atoms with van der Waals surface area (Å²) in [6, 6.07) is 11.1. The van der Waals surface area contributed by atoms with Gasteiger partial charge in [0.1, 0.15) is 5.69 Å². The Bertz CT molecular complexity index is 820. The van der Waals surface area contributed by atoms with E-state index in [1.165, 1.54) is 19.2 Å². The number of nitro benzene ring substituents is 1. The fourth-order valence-electron chi connectivity index (χ4n) is 2.19. The maximum Gasteiger partial charge on any atom is 0.339 e. The highest BCUT2D eigenvalue weighted by molar-refractivity contribution is 5.98. The number of benzene rings is 2. The molecule has 0 bridgehead atoms. The van der Waals surface area contributed by atoms with E-state index in [0.717, 1.165) is 5.56 Å². The molecule has 0 aliphatic heterocycles. The molecule has 0 radical (unpaired) electrons. The van der Waals surface area contributed by atoms with E-state index in [2.05, 4.69) is 15.4 Å². The Balaban J connectivity index is 2.08. The minimum Gasteiger partial charge on any atom is -0.465 e. The van der Waals surface area contributed by atoms with Gasteiger partial charge in [0.25, 0.3) is 5.69 Å². The number of rotatable bonds is 6. The molecular weight excluding hydrogens is 326 g/mol. The third-order valence-electron chi connectivity index (χ3n) is 3.40. The first-order valence-electron chi connectivity index (χ1n) is 7.38. The number of nitro groups is 1. The topological polar surface area (TPSA) is 111 Å². The van der Waals surface area contributed by atoms with E-state index < -0.39 is 16.8 Å². The van der Waals surface area contributed by atoms with E-state index in [-0.39, 0.29) is 17.9 Å². The minimum absolute atomic E-state index is 0.114. The number of ether oxygens (including phenoxy) is 1. The highest BCUT2D eigenvalue weighted by Crippen LogP contribution is 2.25. The summed E-state index contributed by atoms with van der Waals surface area (Å²) < 4.78 is 4.68. The number of carbonyl (C=O) groups excluding carboxylic acids is 2. The number of anilines is 2. The molecule has 130 valence electrons. The molecule has 0 fully saturated rings. The van der Waals surface area contributed by atoms with Crippen molar-refractivity contribution in [3.63, 3.8) is 0 Å². The summed E-state index contributed by atoms with van der Waals surface area (Å²) >= 11 is 0. The molecule has 8 heteroatoms. The van der Waals surface area contributed by atoms with Gasteiger partial charge in [0.2, 0.25) is 5.91 Å². The Morgan fingerprint density at radius 3 is 2.56 bits per heavy atom.